The first-order chi connectivity index (χ1) is 8.33. The van der Waals surface area contributed by atoms with Gasteiger partial charge < -0.3 is 5.43 Å². The van der Waals surface area contributed by atoms with Crippen LogP contribution in [0.2, 0.25) is 0 Å². The number of hydrogen-bond donors (Lipinski definition) is 3. The number of nitrogens with one attached hydrogen (secondary N) is 3. The summed E-state index contributed by atoms with van der Waals surface area (Å²) < 4.78 is 12.8. The predicted octanol–water partition coefficient (Wildman–Crippen LogP) is 1.03. The molecule has 0 radical (unpaired) electrons. The van der Waals surface area contributed by atoms with Crippen LogP contribution >= 0.6 is 0 Å². The van der Waals surface area contributed by atoms with Gasteiger partial charge >= 0.3 is 0 Å². The molecule has 2 aromatic rings. The maximum atomic E-state index is 12.8. The lowest BCUT2D eigenvalue weighted by Crippen LogP contribution is -2.30. The zero-order valence-corrected chi connectivity index (χ0v) is 8.87. The number of benzene rings is 1. The number of hydrogen-bond acceptors (Lipinski definition) is 4. The van der Waals surface area contributed by atoms with Gasteiger partial charge in [-0.15, -0.1) is 0 Å². The minimum Gasteiger partial charge on any atom is -0.302 e. The number of aromatic nitrogens is 2. The van der Waals surface area contributed by atoms with Crippen LogP contribution in [0.15, 0.2) is 35.3 Å². The van der Waals surface area contributed by atoms with Gasteiger partial charge in [-0.05, 0) is 30.3 Å². The average molecular weight is 231 g/mol. The highest BCUT2D eigenvalue weighted by Crippen LogP contribution is 2.18. The molecule has 0 unspecified atom stereocenters. The summed E-state index contributed by atoms with van der Waals surface area (Å²) in [5.41, 5.74) is 8.21. The van der Waals surface area contributed by atoms with Gasteiger partial charge in [-0.25, -0.2) is 14.8 Å². The second-order valence-corrected chi connectivity index (χ2v) is 3.64. The molecule has 0 spiro atoms. The molecule has 0 aliphatic carbocycles. The van der Waals surface area contributed by atoms with E-state index in [1.54, 1.807) is 12.1 Å². The molecule has 0 amide bonds. The fourth-order valence-corrected chi connectivity index (χ4v) is 1.65. The van der Waals surface area contributed by atoms with Gasteiger partial charge in [-0.1, -0.05) is 0 Å². The van der Waals surface area contributed by atoms with Gasteiger partial charge in [0.15, 0.2) is 5.84 Å². The second kappa shape index (κ2) is 3.99. The Hall–Kier alpha value is -2.21. The third kappa shape index (κ3) is 1.90. The van der Waals surface area contributed by atoms with Gasteiger partial charge in [0.2, 0.25) is 0 Å². The topological polar surface area (TPSA) is 65.1 Å². The van der Waals surface area contributed by atoms with Crippen LogP contribution in [0.25, 0.3) is 11.3 Å². The maximum Gasteiger partial charge on any atom is 0.162 e. The molecule has 17 heavy (non-hydrogen) atoms. The lowest BCUT2D eigenvalue weighted by Gasteiger charge is -1.96. The lowest BCUT2D eigenvalue weighted by atomic mass is 10.1. The summed E-state index contributed by atoms with van der Waals surface area (Å²) in [5, 5.41) is 7.05. The molecule has 0 bridgehead atoms. The Bertz CT molecular complexity index is 557. The molecule has 5 nitrogen and oxygen atoms in total. The minimum atomic E-state index is -0.254. The van der Waals surface area contributed by atoms with Crippen LogP contribution in [0.4, 0.5) is 4.39 Å². The largest absolute Gasteiger partial charge is 0.302 e. The van der Waals surface area contributed by atoms with Crippen LogP contribution in [0.5, 0.6) is 0 Å². The van der Waals surface area contributed by atoms with E-state index in [0.717, 1.165) is 22.8 Å². The van der Waals surface area contributed by atoms with Crippen LogP contribution in [-0.4, -0.2) is 22.7 Å². The molecule has 1 aromatic carbocycles. The summed E-state index contributed by atoms with van der Waals surface area (Å²) in [5.74, 6) is 0.474. The molecule has 1 aliphatic heterocycles. The SMILES string of the molecule is Fc1ccc(-c2cc(C3=NCNN3)[nH]n2)cc1. The molecule has 0 atom stereocenters. The van der Waals surface area contributed by atoms with Crippen molar-refractivity contribution < 1.29 is 4.39 Å². The van der Waals surface area contributed by atoms with E-state index in [1.165, 1.54) is 12.1 Å². The predicted molar refractivity (Wildman–Crippen MR) is 61.7 cm³/mol. The third-order valence-corrected chi connectivity index (χ3v) is 2.50. The lowest BCUT2D eigenvalue weighted by molar-refractivity contribution is 0.628. The fourth-order valence-electron chi connectivity index (χ4n) is 1.65. The van der Waals surface area contributed by atoms with Gasteiger partial charge in [0.05, 0.1) is 5.69 Å². The number of aromatic amines is 1. The van der Waals surface area contributed by atoms with E-state index in [-0.39, 0.29) is 5.82 Å². The highest BCUT2D eigenvalue weighted by atomic mass is 19.1. The third-order valence-electron chi connectivity index (χ3n) is 2.50. The molecule has 0 saturated heterocycles. The van der Waals surface area contributed by atoms with Gasteiger partial charge in [0.1, 0.15) is 18.2 Å². The van der Waals surface area contributed by atoms with Gasteiger partial charge in [-0.3, -0.25) is 5.10 Å². The molecule has 3 rings (SSSR count). The Morgan fingerprint density at radius 1 is 1.18 bits per heavy atom. The van der Waals surface area contributed by atoms with Crippen molar-refractivity contribution in [3.63, 3.8) is 0 Å². The molecule has 1 aliphatic rings. The zero-order valence-electron chi connectivity index (χ0n) is 8.87. The molecule has 86 valence electrons. The van der Waals surface area contributed by atoms with Crippen LogP contribution in [0.1, 0.15) is 5.69 Å². The highest BCUT2D eigenvalue weighted by molar-refractivity contribution is 5.98. The van der Waals surface area contributed by atoms with E-state index in [0.29, 0.717) is 6.67 Å². The Morgan fingerprint density at radius 2 is 2.00 bits per heavy atom. The maximum absolute atomic E-state index is 12.8. The number of halogens is 1. The van der Waals surface area contributed by atoms with Crippen molar-refractivity contribution >= 4 is 5.84 Å². The van der Waals surface area contributed by atoms with E-state index in [2.05, 4.69) is 26.0 Å². The van der Waals surface area contributed by atoms with E-state index in [1.807, 2.05) is 6.07 Å². The first kappa shape index (κ1) is 9.98. The first-order valence-electron chi connectivity index (χ1n) is 5.18. The summed E-state index contributed by atoms with van der Waals surface area (Å²) in [6, 6.07) is 8.08. The highest BCUT2D eigenvalue weighted by Gasteiger charge is 2.11. The van der Waals surface area contributed by atoms with Gasteiger partial charge in [-0.2, -0.15) is 5.10 Å². The van der Waals surface area contributed by atoms with E-state index in [9.17, 15) is 4.39 Å². The summed E-state index contributed by atoms with van der Waals surface area (Å²) in [6.07, 6.45) is 0. The van der Waals surface area contributed by atoms with Crippen LogP contribution in [0.3, 0.4) is 0 Å². The molecule has 0 saturated carbocycles. The fraction of sp³-hybridized carbons (Fsp3) is 0.0909. The number of aliphatic imine (C=N–C) groups is 1. The summed E-state index contributed by atoms with van der Waals surface area (Å²) in [4.78, 5) is 4.19. The van der Waals surface area contributed by atoms with Crippen molar-refractivity contribution in [2.45, 2.75) is 0 Å². The molecular weight excluding hydrogens is 221 g/mol. The minimum absolute atomic E-state index is 0.254. The van der Waals surface area contributed by atoms with E-state index >= 15 is 0 Å². The van der Waals surface area contributed by atoms with Crippen molar-refractivity contribution in [1.82, 2.24) is 21.0 Å². The van der Waals surface area contributed by atoms with Crippen molar-refractivity contribution in [2.24, 2.45) is 4.99 Å². The van der Waals surface area contributed by atoms with Gasteiger partial charge in [0, 0.05) is 5.56 Å². The van der Waals surface area contributed by atoms with Crippen molar-refractivity contribution in [1.29, 1.82) is 0 Å². The summed E-state index contributed by atoms with van der Waals surface area (Å²) >= 11 is 0. The smallest absolute Gasteiger partial charge is 0.162 e. The van der Waals surface area contributed by atoms with Crippen molar-refractivity contribution in [3.05, 3.63) is 41.8 Å². The zero-order chi connectivity index (χ0) is 11.7. The standard InChI is InChI=1S/C11H10FN5/c12-8-3-1-7(2-4-8)9-5-10(16-15-9)11-13-6-14-17-11/h1-5,14H,6H2,(H,13,17)(H,15,16). The Labute approximate surface area is 96.7 Å². The monoisotopic (exact) mass is 231 g/mol. The number of nitrogens with zero attached hydrogens (tertiary/aromatic N) is 2. The molecule has 6 heteroatoms. The summed E-state index contributed by atoms with van der Waals surface area (Å²) in [7, 11) is 0. The molecule has 3 N–H and O–H groups in total. The Balaban J connectivity index is 1.92. The van der Waals surface area contributed by atoms with Crippen LogP contribution in [0, 0.1) is 5.82 Å². The molecule has 0 fully saturated rings. The van der Waals surface area contributed by atoms with Gasteiger partial charge in [0.25, 0.3) is 0 Å². The molecule has 2 heterocycles. The normalized spacial score (nSPS) is 14.5. The summed E-state index contributed by atoms with van der Waals surface area (Å²) in [6.45, 7) is 0.542. The van der Waals surface area contributed by atoms with E-state index < -0.39 is 0 Å². The Kier molecular flexibility index (Phi) is 2.34. The van der Waals surface area contributed by atoms with E-state index in [4.69, 9.17) is 0 Å². The first-order valence-corrected chi connectivity index (χ1v) is 5.18. The number of rotatable bonds is 2. The van der Waals surface area contributed by atoms with Crippen molar-refractivity contribution in [2.75, 3.05) is 6.67 Å². The molecule has 1 aromatic heterocycles. The number of hydrazine groups is 1. The quantitative estimate of drug-likeness (QED) is 0.723. The Morgan fingerprint density at radius 3 is 2.71 bits per heavy atom. The average Bonchev–Trinajstić information content (AvgIpc) is 3.00. The molecular formula is C11H10FN5. The van der Waals surface area contributed by atoms with Crippen LogP contribution < -0.4 is 10.9 Å². The second-order valence-electron chi connectivity index (χ2n) is 3.64. The van der Waals surface area contributed by atoms with Crippen LogP contribution in [-0.2, 0) is 0 Å². The van der Waals surface area contributed by atoms with Crippen molar-refractivity contribution in [3.8, 4) is 11.3 Å². The number of H-pyrrole nitrogens is 1. The number of amidine groups is 1.